The number of carbonyl (C=O) groups excluding carboxylic acids is 2. The van der Waals surface area contributed by atoms with Crippen molar-refractivity contribution in [3.05, 3.63) is 63.6 Å². The smallest absolute Gasteiger partial charge is 0.342 e. The highest BCUT2D eigenvalue weighted by Gasteiger charge is 2.35. The molecule has 3 unspecified atom stereocenters. The maximum Gasteiger partial charge on any atom is 0.342 e. The SMILES string of the molecule is COc1cc(OCC(O)CN2CC3CC(C2)c2cccc(=O)n2C3)cc2c1C(=O)O[C@@H](C)CCCC(=O)CCCC=C2. The van der Waals surface area contributed by atoms with Crippen LogP contribution in [0, 0.1) is 5.92 Å². The number of β-amino-alcohol motifs (C(OH)–C–C–N with tert-alkyl or cyclic N) is 1. The third-order valence-electron chi connectivity index (χ3n) is 8.50. The van der Waals surface area contributed by atoms with Crippen LogP contribution in [0.5, 0.6) is 11.5 Å². The summed E-state index contributed by atoms with van der Waals surface area (Å²) in [5.74, 6) is 1.25. The lowest BCUT2D eigenvalue weighted by molar-refractivity contribution is -0.119. The Labute approximate surface area is 247 Å². The summed E-state index contributed by atoms with van der Waals surface area (Å²) in [6.45, 7) is 4.72. The summed E-state index contributed by atoms with van der Waals surface area (Å²) < 4.78 is 19.2. The third-order valence-corrected chi connectivity index (χ3v) is 8.50. The van der Waals surface area contributed by atoms with E-state index in [1.165, 1.54) is 7.11 Å². The molecule has 1 N–H and O–H groups in total. The zero-order chi connectivity index (χ0) is 29.6. The molecule has 4 heterocycles. The number of piperidine rings is 1. The van der Waals surface area contributed by atoms with Crippen molar-refractivity contribution in [3.8, 4) is 11.5 Å². The Bertz CT molecular complexity index is 1370. The second-order valence-corrected chi connectivity index (χ2v) is 11.9. The number of cyclic esters (lactones) is 1. The molecule has 1 fully saturated rings. The minimum atomic E-state index is -0.722. The van der Waals surface area contributed by atoms with Crippen molar-refractivity contribution in [1.82, 2.24) is 9.47 Å². The van der Waals surface area contributed by atoms with Crippen LogP contribution in [0.3, 0.4) is 0 Å². The second-order valence-electron chi connectivity index (χ2n) is 11.9. The first kappa shape index (κ1) is 30.0. The van der Waals surface area contributed by atoms with E-state index in [9.17, 15) is 19.5 Å². The number of methoxy groups -OCH3 is 1. The van der Waals surface area contributed by atoms with Crippen molar-refractivity contribution in [3.63, 3.8) is 0 Å². The number of Topliss-reactive ketones (excluding diaryl/α,β-unsaturated/α-hetero) is 1. The largest absolute Gasteiger partial charge is 0.496 e. The van der Waals surface area contributed by atoms with Crippen LogP contribution in [0.2, 0.25) is 0 Å². The highest BCUT2D eigenvalue weighted by atomic mass is 16.5. The van der Waals surface area contributed by atoms with Crippen LogP contribution in [0.4, 0.5) is 0 Å². The molecule has 1 saturated heterocycles. The predicted octanol–water partition coefficient (Wildman–Crippen LogP) is 4.20. The van der Waals surface area contributed by atoms with Crippen LogP contribution in [0.25, 0.3) is 6.08 Å². The van der Waals surface area contributed by atoms with E-state index in [4.69, 9.17) is 14.2 Å². The number of rotatable bonds is 6. The topological polar surface area (TPSA) is 107 Å². The van der Waals surface area contributed by atoms with Gasteiger partial charge in [-0.1, -0.05) is 18.2 Å². The second kappa shape index (κ2) is 13.7. The summed E-state index contributed by atoms with van der Waals surface area (Å²) in [7, 11) is 1.51. The zero-order valence-corrected chi connectivity index (χ0v) is 24.6. The van der Waals surface area contributed by atoms with Crippen LogP contribution in [-0.2, 0) is 16.1 Å². The first-order valence-electron chi connectivity index (χ1n) is 15.1. The number of benzene rings is 1. The van der Waals surface area contributed by atoms with E-state index in [2.05, 4.69) is 4.90 Å². The Morgan fingerprint density at radius 2 is 1.93 bits per heavy atom. The van der Waals surface area contributed by atoms with Crippen molar-refractivity contribution in [2.45, 2.75) is 76.5 Å². The highest BCUT2D eigenvalue weighted by molar-refractivity contribution is 5.97. The van der Waals surface area contributed by atoms with Gasteiger partial charge in [0.1, 0.15) is 35.6 Å². The zero-order valence-electron chi connectivity index (χ0n) is 24.6. The molecule has 42 heavy (non-hydrogen) atoms. The molecule has 3 aliphatic rings. The molecule has 226 valence electrons. The summed E-state index contributed by atoms with van der Waals surface area (Å²) in [6, 6.07) is 8.92. The van der Waals surface area contributed by atoms with E-state index in [-0.39, 0.29) is 30.0 Å². The molecule has 2 aromatic rings. The average molecular weight is 579 g/mol. The number of aliphatic hydroxyl groups excluding tert-OH is 1. The van der Waals surface area contributed by atoms with Gasteiger partial charge >= 0.3 is 5.97 Å². The number of aromatic nitrogens is 1. The van der Waals surface area contributed by atoms with Crippen molar-refractivity contribution in [2.24, 2.45) is 5.92 Å². The van der Waals surface area contributed by atoms with E-state index in [0.29, 0.717) is 73.7 Å². The van der Waals surface area contributed by atoms with Gasteiger partial charge in [-0.05, 0) is 62.6 Å². The predicted molar refractivity (Wildman–Crippen MR) is 159 cm³/mol. The van der Waals surface area contributed by atoms with Crippen LogP contribution >= 0.6 is 0 Å². The molecule has 4 atom stereocenters. The minimum Gasteiger partial charge on any atom is -0.496 e. The molecule has 0 aliphatic carbocycles. The van der Waals surface area contributed by atoms with Crippen LogP contribution in [-0.4, -0.2) is 71.9 Å². The van der Waals surface area contributed by atoms with Gasteiger partial charge in [-0.2, -0.15) is 0 Å². The molecule has 1 aromatic carbocycles. The molecule has 9 nitrogen and oxygen atoms in total. The van der Waals surface area contributed by atoms with Crippen LogP contribution in [0.15, 0.2) is 41.2 Å². The fourth-order valence-corrected chi connectivity index (χ4v) is 6.53. The first-order valence-corrected chi connectivity index (χ1v) is 15.1. The molecule has 0 saturated carbocycles. The molecule has 0 radical (unpaired) electrons. The number of hydrogen-bond acceptors (Lipinski definition) is 8. The molecule has 0 amide bonds. The Morgan fingerprint density at radius 3 is 2.76 bits per heavy atom. The number of ketones is 1. The van der Waals surface area contributed by atoms with Gasteiger partial charge in [0, 0.05) is 62.8 Å². The Kier molecular flexibility index (Phi) is 9.80. The van der Waals surface area contributed by atoms with E-state index >= 15 is 0 Å². The fraction of sp³-hybridized carbons (Fsp3) is 0.545. The molecule has 2 bridgehead atoms. The van der Waals surface area contributed by atoms with E-state index in [1.54, 1.807) is 18.2 Å². The van der Waals surface area contributed by atoms with Crippen molar-refractivity contribution >= 4 is 17.8 Å². The number of fused-ring (bicyclic) bond motifs is 5. The van der Waals surface area contributed by atoms with Gasteiger partial charge in [0.2, 0.25) is 0 Å². The molecule has 9 heteroatoms. The molecular formula is C33H42N2O7. The van der Waals surface area contributed by atoms with Gasteiger partial charge in [-0.15, -0.1) is 0 Å². The van der Waals surface area contributed by atoms with Crippen LogP contribution in [0.1, 0.15) is 79.4 Å². The number of allylic oxidation sites excluding steroid dienone is 1. The fourth-order valence-electron chi connectivity index (χ4n) is 6.53. The minimum absolute atomic E-state index is 0.0618. The van der Waals surface area contributed by atoms with Crippen LogP contribution < -0.4 is 15.0 Å². The number of pyridine rings is 1. The molecular weight excluding hydrogens is 536 g/mol. The van der Waals surface area contributed by atoms with Gasteiger partial charge in [-0.25, -0.2) is 4.79 Å². The summed E-state index contributed by atoms with van der Waals surface area (Å²) >= 11 is 0. The molecule has 3 aliphatic heterocycles. The Balaban J connectivity index is 1.26. The molecule has 0 spiro atoms. The standard InChI is InChI=1S/C33H42N2O7/c1-22-8-6-11-26(36)10-5-3-4-9-24-15-28(16-30(40-2)32(24)33(39)42-22)41-21-27(37)20-34-17-23-14-25(19-34)29-12-7-13-31(38)35(29)18-23/h4,7,9,12-13,15-16,22-23,25,27,37H,3,5-6,8,10-11,14,17-21H2,1-2H3/t22-,23?,25?,27?/m0/s1. The molecule has 1 aromatic heterocycles. The lowest BCUT2D eigenvalue weighted by atomic mass is 9.83. The number of hydrogen-bond donors (Lipinski definition) is 1. The lowest BCUT2D eigenvalue weighted by Gasteiger charge is -2.43. The summed E-state index contributed by atoms with van der Waals surface area (Å²) in [5.41, 5.74) is 2.09. The highest BCUT2D eigenvalue weighted by Crippen LogP contribution is 2.35. The maximum absolute atomic E-state index is 13.2. The number of nitrogens with zero attached hydrogens (tertiary/aromatic N) is 2. The lowest BCUT2D eigenvalue weighted by Crippen LogP contribution is -2.49. The van der Waals surface area contributed by atoms with Crippen molar-refractivity contribution in [2.75, 3.05) is 33.4 Å². The first-order chi connectivity index (χ1) is 20.3. The maximum atomic E-state index is 13.2. The summed E-state index contributed by atoms with van der Waals surface area (Å²) in [4.78, 5) is 39.9. The van der Waals surface area contributed by atoms with Gasteiger partial charge in [0.15, 0.2) is 0 Å². The monoisotopic (exact) mass is 578 g/mol. The summed E-state index contributed by atoms with van der Waals surface area (Å²) in [5, 5.41) is 10.9. The van der Waals surface area contributed by atoms with Gasteiger partial charge < -0.3 is 23.9 Å². The van der Waals surface area contributed by atoms with E-state index in [0.717, 1.165) is 31.6 Å². The third kappa shape index (κ3) is 7.31. The van der Waals surface area contributed by atoms with Gasteiger partial charge in [0.05, 0.1) is 13.2 Å². The van der Waals surface area contributed by atoms with E-state index < -0.39 is 12.1 Å². The average Bonchev–Trinajstić information content (AvgIpc) is 2.95. The molecule has 5 rings (SSSR count). The quantitative estimate of drug-likeness (QED) is 0.509. The Morgan fingerprint density at radius 1 is 1.10 bits per heavy atom. The Hall–Kier alpha value is -3.43. The van der Waals surface area contributed by atoms with Crippen molar-refractivity contribution < 1.29 is 28.9 Å². The normalized spacial score (nSPS) is 24.1. The number of likely N-dealkylation sites (tertiary alicyclic amines) is 1. The van der Waals surface area contributed by atoms with Gasteiger partial charge in [-0.3, -0.25) is 14.5 Å². The number of aliphatic hydroxyl groups is 1. The summed E-state index contributed by atoms with van der Waals surface area (Å²) in [6.07, 6.45) is 7.63. The number of esters is 1. The van der Waals surface area contributed by atoms with Crippen molar-refractivity contribution in [1.29, 1.82) is 0 Å². The van der Waals surface area contributed by atoms with Gasteiger partial charge in [0.25, 0.3) is 5.56 Å². The number of ether oxygens (including phenoxy) is 3. The van der Waals surface area contributed by atoms with E-state index in [1.807, 2.05) is 35.8 Å². The number of carbonyl (C=O) groups is 2.